The van der Waals surface area contributed by atoms with Gasteiger partial charge in [-0.2, -0.15) is 0 Å². The van der Waals surface area contributed by atoms with Crippen molar-refractivity contribution in [2.24, 2.45) is 0 Å². The summed E-state index contributed by atoms with van der Waals surface area (Å²) < 4.78 is 0. The van der Waals surface area contributed by atoms with Gasteiger partial charge in [0.1, 0.15) is 6.29 Å². The summed E-state index contributed by atoms with van der Waals surface area (Å²) in [7, 11) is 0. The van der Waals surface area contributed by atoms with E-state index in [0.717, 1.165) is 29.1 Å². The van der Waals surface area contributed by atoms with Crippen LogP contribution in [-0.2, 0) is 9.59 Å². The Morgan fingerprint density at radius 3 is 0.976 bits per heavy atom. The van der Waals surface area contributed by atoms with Gasteiger partial charge in [-0.25, -0.2) is 4.79 Å². The van der Waals surface area contributed by atoms with Crippen molar-refractivity contribution in [1.29, 1.82) is 0 Å². The molecule has 0 aliphatic rings. The Morgan fingerprint density at radius 1 is 0.500 bits per heavy atom. The second-order valence-electron chi connectivity index (χ2n) is 5.66. The fourth-order valence-corrected chi connectivity index (χ4v) is 2.05. The maximum Gasteiger partial charge on any atom is 0.328 e. The van der Waals surface area contributed by atoms with Crippen LogP contribution in [0, 0.1) is 0 Å². The van der Waals surface area contributed by atoms with Gasteiger partial charge in [-0.1, -0.05) is 180 Å². The zero-order chi connectivity index (χ0) is 34.0. The molecule has 4 nitrogen and oxygen atoms in total. The van der Waals surface area contributed by atoms with Crippen LogP contribution in [0.5, 0.6) is 0 Å². The van der Waals surface area contributed by atoms with Gasteiger partial charge in [-0.05, 0) is 34.9 Å². The number of halogens is 1. The van der Waals surface area contributed by atoms with E-state index in [1.807, 2.05) is 162 Å². The molecule has 3 rings (SSSR count). The van der Waals surface area contributed by atoms with Crippen LogP contribution >= 0.6 is 11.6 Å². The number of allylic oxidation sites excluding steroid dienone is 1. The molecule has 0 saturated heterocycles. The first-order valence-electron chi connectivity index (χ1n) is 14.9. The summed E-state index contributed by atoms with van der Waals surface area (Å²) in [6.45, 7) is 24.0. The molecule has 0 aliphatic heterocycles. The van der Waals surface area contributed by atoms with Crippen molar-refractivity contribution >= 4 is 41.3 Å². The van der Waals surface area contributed by atoms with Gasteiger partial charge in [0.25, 0.3) is 0 Å². The summed E-state index contributed by atoms with van der Waals surface area (Å²) in [5.41, 5.74) is 2.60. The first kappa shape index (κ1) is 51.0. The maximum absolute atomic E-state index is 10.3. The molecule has 0 saturated carbocycles. The average Bonchev–Trinajstić information content (AvgIpc) is 3.10. The molecular weight excluding hydrogens is 544 g/mol. The molecule has 0 amide bonds. The molecule has 0 unspecified atom stereocenters. The minimum atomic E-state index is -0.922. The Labute approximate surface area is 263 Å². The fourth-order valence-electron chi connectivity index (χ4n) is 1.99. The number of rotatable bonds is 5. The lowest BCUT2D eigenvalue weighted by atomic mass is 10.2. The van der Waals surface area contributed by atoms with Gasteiger partial charge in [0.2, 0.25) is 5.24 Å². The van der Waals surface area contributed by atoms with E-state index in [1.54, 1.807) is 24.3 Å². The monoisotopic (exact) mass is 600 g/mol. The molecular formula is C37H57ClO4. The van der Waals surface area contributed by atoms with Crippen molar-refractivity contribution in [3.8, 4) is 0 Å². The molecule has 0 atom stereocenters. The molecule has 3 aromatic carbocycles. The third-order valence-corrected chi connectivity index (χ3v) is 3.49. The number of aldehydes is 1. The molecule has 0 spiro atoms. The SMILES string of the molecule is CC.CC.CC.CC.CC.CC.O=C(Cl)/C=C/c1ccccc1.O=C(O)/C=C/c1ccccc1.O=Cc1ccccc1. The third-order valence-electron chi connectivity index (χ3n) is 3.36. The van der Waals surface area contributed by atoms with E-state index in [-0.39, 0.29) is 0 Å². The highest BCUT2D eigenvalue weighted by Gasteiger charge is 1.87. The van der Waals surface area contributed by atoms with Crippen LogP contribution in [0.15, 0.2) is 103 Å². The number of carboxylic acids is 1. The topological polar surface area (TPSA) is 71.4 Å². The number of hydrogen-bond acceptors (Lipinski definition) is 3. The first-order chi connectivity index (χ1) is 20.5. The molecule has 0 heterocycles. The largest absolute Gasteiger partial charge is 0.478 e. The fraction of sp³-hybridized carbons (Fsp3) is 0.324. The Kier molecular flexibility index (Phi) is 60.9. The van der Waals surface area contributed by atoms with Crippen molar-refractivity contribution in [2.75, 3.05) is 0 Å². The summed E-state index contributed by atoms with van der Waals surface area (Å²) in [5, 5.41) is 7.84. The molecule has 0 radical (unpaired) electrons. The Hall–Kier alpha value is -3.76. The summed E-state index contributed by atoms with van der Waals surface area (Å²) in [4.78, 5) is 30.4. The highest BCUT2D eigenvalue weighted by Crippen LogP contribution is 2.01. The van der Waals surface area contributed by atoms with Crippen LogP contribution < -0.4 is 0 Å². The molecule has 5 heteroatoms. The van der Waals surface area contributed by atoms with Crippen LogP contribution in [0.1, 0.15) is 105 Å². The number of benzene rings is 3. The van der Waals surface area contributed by atoms with Gasteiger partial charge >= 0.3 is 5.97 Å². The van der Waals surface area contributed by atoms with Crippen molar-refractivity contribution in [1.82, 2.24) is 0 Å². The minimum Gasteiger partial charge on any atom is -0.478 e. The summed E-state index contributed by atoms with van der Waals surface area (Å²) >= 11 is 5.10. The minimum absolute atomic E-state index is 0.450. The van der Waals surface area contributed by atoms with Gasteiger partial charge in [-0.3, -0.25) is 9.59 Å². The van der Waals surface area contributed by atoms with Gasteiger partial charge < -0.3 is 5.11 Å². The van der Waals surface area contributed by atoms with Gasteiger partial charge in [0.05, 0.1) is 0 Å². The number of hydrogen-bond donors (Lipinski definition) is 1. The zero-order valence-electron chi connectivity index (χ0n) is 28.1. The average molecular weight is 601 g/mol. The van der Waals surface area contributed by atoms with E-state index in [2.05, 4.69) is 0 Å². The molecule has 42 heavy (non-hydrogen) atoms. The van der Waals surface area contributed by atoms with Crippen molar-refractivity contribution in [3.05, 3.63) is 120 Å². The third kappa shape index (κ3) is 43.3. The summed E-state index contributed by atoms with van der Waals surface area (Å²) in [5.74, 6) is -0.922. The lowest BCUT2D eigenvalue weighted by Crippen LogP contribution is -1.85. The quantitative estimate of drug-likeness (QED) is 0.179. The van der Waals surface area contributed by atoms with E-state index in [0.29, 0.717) is 0 Å². The molecule has 1 N–H and O–H groups in total. The first-order valence-corrected chi connectivity index (χ1v) is 15.3. The van der Waals surface area contributed by atoms with Gasteiger partial charge in [-0.15, -0.1) is 0 Å². The van der Waals surface area contributed by atoms with Crippen molar-refractivity contribution in [3.63, 3.8) is 0 Å². The summed E-state index contributed by atoms with van der Waals surface area (Å²) in [6, 6.07) is 27.9. The van der Waals surface area contributed by atoms with E-state index < -0.39 is 11.2 Å². The van der Waals surface area contributed by atoms with Gasteiger partial charge in [0, 0.05) is 11.6 Å². The van der Waals surface area contributed by atoms with Crippen molar-refractivity contribution < 1.29 is 19.5 Å². The number of carbonyl (C=O) groups is 3. The molecule has 0 bridgehead atoms. The molecule has 0 aliphatic carbocycles. The number of aliphatic carboxylic acids is 1. The van der Waals surface area contributed by atoms with E-state index >= 15 is 0 Å². The highest BCUT2D eigenvalue weighted by atomic mass is 35.5. The number of carbonyl (C=O) groups excluding carboxylic acids is 2. The van der Waals surface area contributed by atoms with Gasteiger partial charge in [0.15, 0.2) is 0 Å². The lowest BCUT2D eigenvalue weighted by Gasteiger charge is -1.87. The molecule has 3 aromatic rings. The van der Waals surface area contributed by atoms with Crippen LogP contribution in [0.25, 0.3) is 12.2 Å². The Balaban J connectivity index is -0.0000000985. The Morgan fingerprint density at radius 2 is 0.762 bits per heavy atom. The number of carboxylic acid groups (broad SMARTS) is 1. The smallest absolute Gasteiger partial charge is 0.328 e. The van der Waals surface area contributed by atoms with Crippen LogP contribution in [0.4, 0.5) is 0 Å². The maximum atomic E-state index is 10.3. The summed E-state index contributed by atoms with van der Waals surface area (Å²) in [6.07, 6.45) is 6.52. The van der Waals surface area contributed by atoms with Crippen LogP contribution in [-0.4, -0.2) is 22.6 Å². The van der Waals surface area contributed by atoms with E-state index in [1.165, 1.54) is 6.08 Å². The van der Waals surface area contributed by atoms with E-state index in [9.17, 15) is 14.4 Å². The zero-order valence-corrected chi connectivity index (χ0v) is 28.9. The second kappa shape index (κ2) is 50.1. The van der Waals surface area contributed by atoms with Crippen LogP contribution in [0.3, 0.4) is 0 Å². The normalized spacial score (nSPS) is 7.83. The molecule has 0 fully saturated rings. The second-order valence-corrected chi connectivity index (χ2v) is 6.03. The standard InChI is InChI=1S/C9H7ClO.C9H8O2.C7H6O.6C2H6/c2*10-9(11)7-6-8-4-2-1-3-5-8;8-6-7-4-2-1-3-5-7;6*1-2/h1-7H;1-7H,(H,10,11);1-6H;6*1-2H3/b2*7-6+;;;;;;;. The predicted molar refractivity (Wildman–Crippen MR) is 189 cm³/mol. The lowest BCUT2D eigenvalue weighted by molar-refractivity contribution is -0.131. The van der Waals surface area contributed by atoms with Crippen molar-refractivity contribution in [2.45, 2.75) is 83.1 Å². The highest BCUT2D eigenvalue weighted by molar-refractivity contribution is 6.66. The predicted octanol–water partition coefficient (Wildman–Crippen LogP) is 11.9. The van der Waals surface area contributed by atoms with E-state index in [4.69, 9.17) is 16.7 Å². The molecule has 236 valence electrons. The Bertz CT molecular complexity index is 893. The van der Waals surface area contributed by atoms with Crippen LogP contribution in [0.2, 0.25) is 0 Å². The molecule has 0 aromatic heterocycles.